The predicted molar refractivity (Wildman–Crippen MR) is 45.2 cm³/mol. The molecule has 0 saturated carbocycles. The van der Waals surface area contributed by atoms with Crippen LogP contribution in [0.25, 0.3) is 0 Å². The summed E-state index contributed by atoms with van der Waals surface area (Å²) in [6, 6.07) is 1.42. The number of rotatable bonds is 2. The van der Waals surface area contributed by atoms with Crippen LogP contribution in [0, 0.1) is 0 Å². The lowest BCUT2D eigenvalue weighted by atomic mass is 10.2. The van der Waals surface area contributed by atoms with E-state index in [0.29, 0.717) is 12.4 Å². The van der Waals surface area contributed by atoms with Crippen LogP contribution in [0.15, 0.2) is 18.6 Å². The van der Waals surface area contributed by atoms with Gasteiger partial charge in [0.1, 0.15) is 18.3 Å². The van der Waals surface area contributed by atoms with Crippen molar-refractivity contribution >= 4 is 5.82 Å². The van der Waals surface area contributed by atoms with E-state index >= 15 is 0 Å². The second-order valence-corrected chi connectivity index (χ2v) is 2.90. The maximum absolute atomic E-state index is 13.0. The summed E-state index contributed by atoms with van der Waals surface area (Å²) in [5.41, 5.74) is 0. The molecular weight excluding hydrogens is 173 g/mol. The largest absolute Gasteiger partial charge is 0.376 e. The van der Waals surface area contributed by atoms with Gasteiger partial charge in [0, 0.05) is 6.20 Å². The highest BCUT2D eigenvalue weighted by Gasteiger charge is 2.27. The molecule has 2 atom stereocenters. The van der Waals surface area contributed by atoms with E-state index in [9.17, 15) is 4.39 Å². The third kappa shape index (κ3) is 1.92. The number of hydrogen-bond donors (Lipinski definition) is 1. The molecule has 1 saturated heterocycles. The molecule has 1 aliphatic rings. The number of anilines is 1. The van der Waals surface area contributed by atoms with Gasteiger partial charge in [-0.3, -0.25) is 0 Å². The van der Waals surface area contributed by atoms with E-state index in [0.717, 1.165) is 0 Å². The highest BCUT2D eigenvalue weighted by molar-refractivity contribution is 5.33. The van der Waals surface area contributed by atoms with Crippen molar-refractivity contribution in [3.8, 4) is 0 Å². The zero-order valence-electron chi connectivity index (χ0n) is 6.98. The van der Waals surface area contributed by atoms with Crippen LogP contribution in [-0.4, -0.2) is 35.4 Å². The zero-order chi connectivity index (χ0) is 9.10. The van der Waals surface area contributed by atoms with Gasteiger partial charge in [-0.05, 0) is 6.07 Å². The Labute approximate surface area is 75.2 Å². The van der Waals surface area contributed by atoms with Crippen molar-refractivity contribution in [2.75, 3.05) is 18.5 Å². The number of hydrogen-bond acceptors (Lipinski definition) is 4. The summed E-state index contributed by atoms with van der Waals surface area (Å²) >= 11 is 0. The standard InChI is InChI=1S/C8H10FN3O/c9-6-3-13-4-7(6)12-8-1-2-10-5-11-8/h1-2,5-7H,3-4H2,(H,10,11,12)/t6-,7-/m1/s1. The van der Waals surface area contributed by atoms with Gasteiger partial charge in [0.05, 0.1) is 19.3 Å². The van der Waals surface area contributed by atoms with Crippen LogP contribution in [0.5, 0.6) is 0 Å². The molecule has 70 valence electrons. The molecule has 0 amide bonds. The van der Waals surface area contributed by atoms with E-state index in [4.69, 9.17) is 4.74 Å². The Morgan fingerprint density at radius 2 is 2.46 bits per heavy atom. The third-order valence-electron chi connectivity index (χ3n) is 1.93. The fourth-order valence-corrected chi connectivity index (χ4v) is 1.23. The highest BCUT2D eigenvalue weighted by atomic mass is 19.1. The summed E-state index contributed by atoms with van der Waals surface area (Å²) in [7, 11) is 0. The van der Waals surface area contributed by atoms with Gasteiger partial charge in [0.25, 0.3) is 0 Å². The van der Waals surface area contributed by atoms with E-state index in [-0.39, 0.29) is 12.6 Å². The molecule has 1 aromatic heterocycles. The minimum Gasteiger partial charge on any atom is -0.376 e. The molecule has 2 rings (SSSR count). The highest BCUT2D eigenvalue weighted by Crippen LogP contribution is 2.13. The first-order valence-corrected chi connectivity index (χ1v) is 4.10. The monoisotopic (exact) mass is 183 g/mol. The number of alkyl halides is 1. The molecule has 5 heteroatoms. The van der Waals surface area contributed by atoms with Crippen LogP contribution in [0.3, 0.4) is 0 Å². The predicted octanol–water partition coefficient (Wildman–Crippen LogP) is 0.625. The Morgan fingerprint density at radius 1 is 1.54 bits per heavy atom. The number of halogens is 1. The first-order valence-electron chi connectivity index (χ1n) is 4.10. The normalized spacial score (nSPS) is 27.5. The quantitative estimate of drug-likeness (QED) is 0.730. The number of nitrogens with one attached hydrogen (secondary N) is 1. The van der Waals surface area contributed by atoms with Gasteiger partial charge in [0.15, 0.2) is 0 Å². The van der Waals surface area contributed by atoms with Gasteiger partial charge in [-0.25, -0.2) is 14.4 Å². The van der Waals surface area contributed by atoms with E-state index in [1.165, 1.54) is 6.33 Å². The van der Waals surface area contributed by atoms with Gasteiger partial charge in [-0.2, -0.15) is 0 Å². The Kier molecular flexibility index (Phi) is 2.35. The van der Waals surface area contributed by atoms with Gasteiger partial charge in [-0.1, -0.05) is 0 Å². The lowest BCUT2D eigenvalue weighted by molar-refractivity contribution is 0.173. The summed E-state index contributed by atoms with van der Waals surface area (Å²) < 4.78 is 18.0. The zero-order valence-corrected chi connectivity index (χ0v) is 6.98. The molecule has 1 N–H and O–H groups in total. The van der Waals surface area contributed by atoms with Gasteiger partial charge >= 0.3 is 0 Å². The molecule has 0 spiro atoms. The molecule has 0 aromatic carbocycles. The summed E-state index contributed by atoms with van der Waals surface area (Å²) in [6.07, 6.45) is 2.08. The Balaban J connectivity index is 1.98. The summed E-state index contributed by atoms with van der Waals surface area (Å²) in [4.78, 5) is 7.70. The molecule has 1 aliphatic heterocycles. The number of aromatic nitrogens is 2. The van der Waals surface area contributed by atoms with Crippen molar-refractivity contribution in [2.24, 2.45) is 0 Å². The fraction of sp³-hybridized carbons (Fsp3) is 0.500. The van der Waals surface area contributed by atoms with Crippen LogP contribution in [0.4, 0.5) is 10.2 Å². The van der Waals surface area contributed by atoms with Crippen LogP contribution < -0.4 is 5.32 Å². The third-order valence-corrected chi connectivity index (χ3v) is 1.93. The molecule has 2 heterocycles. The van der Waals surface area contributed by atoms with Crippen molar-refractivity contribution in [2.45, 2.75) is 12.2 Å². The second kappa shape index (κ2) is 3.66. The van der Waals surface area contributed by atoms with Crippen LogP contribution >= 0.6 is 0 Å². The van der Waals surface area contributed by atoms with Crippen molar-refractivity contribution in [1.29, 1.82) is 0 Å². The van der Waals surface area contributed by atoms with Gasteiger partial charge in [0.2, 0.25) is 0 Å². The minimum atomic E-state index is -0.949. The Morgan fingerprint density at radius 3 is 3.08 bits per heavy atom. The molecule has 0 unspecified atom stereocenters. The first kappa shape index (κ1) is 8.37. The summed E-state index contributed by atoms with van der Waals surface area (Å²) in [6.45, 7) is 0.563. The van der Waals surface area contributed by atoms with Crippen LogP contribution in [0.2, 0.25) is 0 Å². The SMILES string of the molecule is F[C@@H]1COC[C@H]1Nc1ccncn1. The van der Waals surface area contributed by atoms with Crippen LogP contribution in [-0.2, 0) is 4.74 Å². The summed E-state index contributed by atoms with van der Waals surface area (Å²) in [5, 5.41) is 2.94. The molecule has 13 heavy (non-hydrogen) atoms. The van der Waals surface area contributed by atoms with Crippen LogP contribution in [0.1, 0.15) is 0 Å². The number of nitrogens with zero attached hydrogens (tertiary/aromatic N) is 2. The van der Waals surface area contributed by atoms with E-state index in [1.54, 1.807) is 12.3 Å². The average molecular weight is 183 g/mol. The van der Waals surface area contributed by atoms with Gasteiger partial charge in [-0.15, -0.1) is 0 Å². The molecule has 0 bridgehead atoms. The Hall–Kier alpha value is -1.23. The minimum absolute atomic E-state index is 0.169. The molecule has 0 radical (unpaired) electrons. The molecule has 1 fully saturated rings. The van der Waals surface area contributed by atoms with Crippen molar-refractivity contribution < 1.29 is 9.13 Å². The van der Waals surface area contributed by atoms with E-state index in [1.807, 2.05) is 0 Å². The summed E-state index contributed by atoms with van der Waals surface area (Å²) in [5.74, 6) is 0.633. The second-order valence-electron chi connectivity index (χ2n) is 2.90. The maximum Gasteiger partial charge on any atom is 0.146 e. The molecule has 0 aliphatic carbocycles. The lowest BCUT2D eigenvalue weighted by Gasteiger charge is -2.12. The molecule has 1 aromatic rings. The first-order chi connectivity index (χ1) is 6.36. The number of ether oxygens (including phenoxy) is 1. The van der Waals surface area contributed by atoms with Gasteiger partial charge < -0.3 is 10.1 Å². The molecular formula is C8H10FN3O. The van der Waals surface area contributed by atoms with E-state index < -0.39 is 6.17 Å². The maximum atomic E-state index is 13.0. The Bertz CT molecular complexity index is 269. The van der Waals surface area contributed by atoms with Crippen molar-refractivity contribution in [3.63, 3.8) is 0 Å². The lowest BCUT2D eigenvalue weighted by Crippen LogP contribution is -2.29. The van der Waals surface area contributed by atoms with Crippen molar-refractivity contribution in [3.05, 3.63) is 18.6 Å². The van der Waals surface area contributed by atoms with E-state index in [2.05, 4.69) is 15.3 Å². The topological polar surface area (TPSA) is 47.0 Å². The molecule has 4 nitrogen and oxygen atoms in total. The fourth-order valence-electron chi connectivity index (χ4n) is 1.23. The van der Waals surface area contributed by atoms with Crippen molar-refractivity contribution in [1.82, 2.24) is 9.97 Å². The smallest absolute Gasteiger partial charge is 0.146 e. The average Bonchev–Trinajstić information content (AvgIpc) is 2.54.